The fourth-order valence-electron chi connectivity index (χ4n) is 1.77. The van der Waals surface area contributed by atoms with Crippen LogP contribution >= 0.6 is 0 Å². The van der Waals surface area contributed by atoms with Gasteiger partial charge in [0.05, 0.1) is 6.42 Å². The van der Waals surface area contributed by atoms with Crippen LogP contribution in [0.1, 0.15) is 37.7 Å². The summed E-state index contributed by atoms with van der Waals surface area (Å²) in [5.74, 6) is -1.04. The number of aromatic nitrogens is 1. The number of hydrogen-bond acceptors (Lipinski definition) is 2. The fraction of sp³-hybridized carbons (Fsp3) is 0.538. The molecule has 0 aliphatic carbocycles. The first-order valence-corrected chi connectivity index (χ1v) is 5.88. The van der Waals surface area contributed by atoms with Crippen molar-refractivity contribution < 1.29 is 14.7 Å². The van der Waals surface area contributed by atoms with E-state index < -0.39 is 11.5 Å². The quantitative estimate of drug-likeness (QED) is 0.887. The molecule has 1 rings (SSSR count). The lowest BCUT2D eigenvalue weighted by Gasteiger charge is -2.35. The van der Waals surface area contributed by atoms with Crippen LogP contribution in [0.25, 0.3) is 0 Å². The Hall–Kier alpha value is -1.78. The summed E-state index contributed by atoms with van der Waals surface area (Å²) in [4.78, 5) is 24.7. The van der Waals surface area contributed by atoms with Crippen molar-refractivity contribution in [3.05, 3.63) is 24.0 Å². The van der Waals surface area contributed by atoms with Gasteiger partial charge in [-0.3, -0.25) is 9.59 Å². The van der Waals surface area contributed by atoms with Crippen molar-refractivity contribution in [1.29, 1.82) is 0 Å². The summed E-state index contributed by atoms with van der Waals surface area (Å²) >= 11 is 0. The van der Waals surface area contributed by atoms with E-state index in [4.69, 9.17) is 5.11 Å². The topological polar surface area (TPSA) is 62.5 Å². The average Bonchev–Trinajstić information content (AvgIpc) is 2.61. The highest BCUT2D eigenvalue weighted by Gasteiger charge is 2.28. The first kappa shape index (κ1) is 14.3. The van der Waals surface area contributed by atoms with Crippen LogP contribution < -0.4 is 0 Å². The Morgan fingerprint density at radius 1 is 1.39 bits per heavy atom. The molecule has 0 unspecified atom stereocenters. The van der Waals surface area contributed by atoms with Crippen molar-refractivity contribution in [2.75, 3.05) is 6.54 Å². The first-order chi connectivity index (χ1) is 8.23. The van der Waals surface area contributed by atoms with Gasteiger partial charge in [0.2, 0.25) is 0 Å². The maximum absolute atomic E-state index is 12.4. The van der Waals surface area contributed by atoms with Crippen molar-refractivity contribution in [3.63, 3.8) is 0 Å². The van der Waals surface area contributed by atoms with Crippen LogP contribution in [0.3, 0.4) is 0 Å². The van der Waals surface area contributed by atoms with E-state index in [0.29, 0.717) is 5.69 Å². The average molecular weight is 252 g/mol. The molecular formula is C13H20N2O3. The predicted octanol–water partition coefficient (Wildman–Crippen LogP) is 1.74. The Bertz CT molecular complexity index is 443. The summed E-state index contributed by atoms with van der Waals surface area (Å²) in [6.45, 7) is 5.91. The van der Waals surface area contributed by atoms with Crippen molar-refractivity contribution in [1.82, 2.24) is 9.47 Å². The number of aryl methyl sites for hydroxylation is 1. The van der Waals surface area contributed by atoms with Gasteiger partial charge in [0.25, 0.3) is 5.91 Å². The summed E-state index contributed by atoms with van der Waals surface area (Å²) in [6, 6.07) is 3.53. The molecule has 100 valence electrons. The minimum absolute atomic E-state index is 0.0482. The molecule has 0 radical (unpaired) electrons. The molecule has 0 aromatic carbocycles. The van der Waals surface area contributed by atoms with Crippen LogP contribution in [0.5, 0.6) is 0 Å². The van der Waals surface area contributed by atoms with E-state index in [0.717, 1.165) is 0 Å². The Kier molecular flexibility index (Phi) is 4.16. The molecule has 0 aliphatic rings. The summed E-state index contributed by atoms with van der Waals surface area (Å²) in [7, 11) is 1.80. The Balaban J connectivity index is 2.94. The van der Waals surface area contributed by atoms with E-state index in [1.807, 2.05) is 20.8 Å². The summed E-state index contributed by atoms with van der Waals surface area (Å²) < 4.78 is 1.74. The molecule has 1 aromatic heterocycles. The second-order valence-corrected chi connectivity index (χ2v) is 5.28. The van der Waals surface area contributed by atoms with Crippen LogP contribution in [0, 0.1) is 0 Å². The van der Waals surface area contributed by atoms with E-state index in [1.165, 1.54) is 0 Å². The fourth-order valence-corrected chi connectivity index (χ4v) is 1.77. The molecule has 18 heavy (non-hydrogen) atoms. The van der Waals surface area contributed by atoms with Crippen LogP contribution in [-0.4, -0.2) is 38.5 Å². The van der Waals surface area contributed by atoms with Crippen molar-refractivity contribution in [2.45, 2.75) is 32.7 Å². The third-order valence-corrected chi connectivity index (χ3v) is 2.77. The molecule has 0 spiro atoms. The zero-order valence-electron chi connectivity index (χ0n) is 11.3. The van der Waals surface area contributed by atoms with Crippen LogP contribution in [-0.2, 0) is 11.8 Å². The standard InChI is InChI=1S/C13H20N2O3/c1-13(2,3)15(9-7-11(16)17)12(18)10-6-5-8-14(10)4/h5-6,8H,7,9H2,1-4H3,(H,16,17). The SMILES string of the molecule is Cn1cccc1C(=O)N(CCC(=O)O)C(C)(C)C. The lowest BCUT2D eigenvalue weighted by Crippen LogP contribution is -2.47. The zero-order valence-corrected chi connectivity index (χ0v) is 11.3. The van der Waals surface area contributed by atoms with Gasteiger partial charge in [-0.1, -0.05) is 0 Å². The van der Waals surface area contributed by atoms with E-state index in [9.17, 15) is 9.59 Å². The number of carboxylic acids is 1. The second-order valence-electron chi connectivity index (χ2n) is 5.28. The predicted molar refractivity (Wildman–Crippen MR) is 68.5 cm³/mol. The van der Waals surface area contributed by atoms with Crippen LogP contribution in [0.4, 0.5) is 0 Å². The molecule has 0 atom stereocenters. The molecule has 1 heterocycles. The van der Waals surface area contributed by atoms with Gasteiger partial charge in [0, 0.05) is 25.3 Å². The van der Waals surface area contributed by atoms with Crippen molar-refractivity contribution >= 4 is 11.9 Å². The Morgan fingerprint density at radius 2 is 2.00 bits per heavy atom. The third kappa shape index (κ3) is 3.35. The normalized spacial score (nSPS) is 11.3. The summed E-state index contributed by atoms with van der Waals surface area (Å²) in [6.07, 6.45) is 1.75. The molecule has 0 aliphatic heterocycles. The minimum atomic E-state index is -0.899. The Labute approximate surface area is 107 Å². The summed E-state index contributed by atoms with van der Waals surface area (Å²) in [5, 5.41) is 8.75. The van der Waals surface area contributed by atoms with Gasteiger partial charge in [-0.25, -0.2) is 0 Å². The van der Waals surface area contributed by atoms with E-state index in [-0.39, 0.29) is 18.9 Å². The van der Waals surface area contributed by atoms with Gasteiger partial charge < -0.3 is 14.6 Å². The molecule has 5 nitrogen and oxygen atoms in total. The number of aliphatic carboxylic acids is 1. The molecule has 0 fully saturated rings. The molecule has 0 saturated heterocycles. The zero-order chi connectivity index (χ0) is 13.9. The van der Waals surface area contributed by atoms with Gasteiger partial charge in [0.15, 0.2) is 0 Å². The number of hydrogen-bond donors (Lipinski definition) is 1. The lowest BCUT2D eigenvalue weighted by molar-refractivity contribution is -0.137. The van der Waals surface area contributed by atoms with Gasteiger partial charge >= 0.3 is 5.97 Å². The molecule has 5 heteroatoms. The number of carbonyl (C=O) groups excluding carboxylic acids is 1. The van der Waals surface area contributed by atoms with E-state index in [1.54, 1.807) is 34.8 Å². The molecule has 0 saturated carbocycles. The molecule has 1 N–H and O–H groups in total. The van der Waals surface area contributed by atoms with Crippen molar-refractivity contribution in [3.8, 4) is 0 Å². The minimum Gasteiger partial charge on any atom is -0.481 e. The highest BCUT2D eigenvalue weighted by molar-refractivity contribution is 5.93. The maximum atomic E-state index is 12.4. The monoisotopic (exact) mass is 252 g/mol. The summed E-state index contributed by atoms with van der Waals surface area (Å²) in [5.41, 5.74) is 0.159. The molecular weight excluding hydrogens is 232 g/mol. The Morgan fingerprint density at radius 3 is 2.39 bits per heavy atom. The highest BCUT2D eigenvalue weighted by Crippen LogP contribution is 2.17. The van der Waals surface area contributed by atoms with Gasteiger partial charge in [0.1, 0.15) is 5.69 Å². The van der Waals surface area contributed by atoms with E-state index in [2.05, 4.69) is 0 Å². The molecule has 1 amide bonds. The lowest BCUT2D eigenvalue weighted by atomic mass is 10.0. The first-order valence-electron chi connectivity index (χ1n) is 5.88. The number of rotatable bonds is 4. The molecule has 1 aromatic rings. The van der Waals surface area contributed by atoms with Gasteiger partial charge in [-0.2, -0.15) is 0 Å². The van der Waals surface area contributed by atoms with Crippen LogP contribution in [0.15, 0.2) is 18.3 Å². The third-order valence-electron chi connectivity index (χ3n) is 2.77. The van der Waals surface area contributed by atoms with Crippen molar-refractivity contribution in [2.24, 2.45) is 7.05 Å². The number of carbonyl (C=O) groups is 2. The smallest absolute Gasteiger partial charge is 0.305 e. The van der Waals surface area contributed by atoms with E-state index >= 15 is 0 Å². The van der Waals surface area contributed by atoms with Gasteiger partial charge in [-0.05, 0) is 32.9 Å². The number of amides is 1. The van der Waals surface area contributed by atoms with Gasteiger partial charge in [-0.15, -0.1) is 0 Å². The largest absolute Gasteiger partial charge is 0.481 e. The second kappa shape index (κ2) is 5.25. The number of nitrogens with zero attached hydrogens (tertiary/aromatic N) is 2. The number of carboxylic acid groups (broad SMARTS) is 1. The highest BCUT2D eigenvalue weighted by atomic mass is 16.4. The van der Waals surface area contributed by atoms with Crippen LogP contribution in [0.2, 0.25) is 0 Å². The maximum Gasteiger partial charge on any atom is 0.305 e. The molecule has 0 bridgehead atoms.